The highest BCUT2D eigenvalue weighted by Crippen LogP contribution is 2.49. The molecule has 0 unspecified atom stereocenters. The van der Waals surface area contributed by atoms with Crippen molar-refractivity contribution < 1.29 is 0 Å². The smallest absolute Gasteiger partial charge is 0.0546 e. The molecule has 11 aromatic carbocycles. The lowest BCUT2D eigenvalue weighted by molar-refractivity contribution is 1.18. The highest BCUT2D eigenvalue weighted by atomic mass is 15.1. The van der Waals surface area contributed by atoms with Crippen LogP contribution in [0.1, 0.15) is 0 Å². The highest BCUT2D eigenvalue weighted by molar-refractivity contribution is 6.10. The fourth-order valence-corrected chi connectivity index (χ4v) is 10.0. The van der Waals surface area contributed by atoms with Gasteiger partial charge in [0.1, 0.15) is 0 Å². The Morgan fingerprint density at radius 2 is 0.682 bits per heavy atom. The van der Waals surface area contributed by atoms with E-state index in [0.717, 1.165) is 28.3 Å². The standard InChI is InChI=1S/C64H44N2/c1-3-19-45(20-4-1)54-26-9-10-30-59(54)64-56(47-21-5-2-6-22-47)32-18-36-63(64)65(50-41-37-48(38-42-50)53-31-17-24-46-23-7-8-25-52(46)53)51-43-39-49(40-44-51)55-27-11-14-33-60(55)66-61-34-15-12-28-57(61)58-29-13-16-35-62(58)66/h1-44H. The predicted octanol–water partition coefficient (Wildman–Crippen LogP) is 17.7. The summed E-state index contributed by atoms with van der Waals surface area (Å²) in [7, 11) is 0. The van der Waals surface area contributed by atoms with Crippen molar-refractivity contribution in [3.63, 3.8) is 0 Å². The Kier molecular flexibility index (Phi) is 9.89. The topological polar surface area (TPSA) is 8.17 Å². The number of hydrogen-bond acceptors (Lipinski definition) is 1. The van der Waals surface area contributed by atoms with E-state index < -0.39 is 0 Å². The lowest BCUT2D eigenvalue weighted by atomic mass is 9.87. The molecule has 0 amide bonds. The zero-order chi connectivity index (χ0) is 43.8. The zero-order valence-electron chi connectivity index (χ0n) is 36.3. The van der Waals surface area contributed by atoms with Crippen molar-refractivity contribution in [2.45, 2.75) is 0 Å². The summed E-state index contributed by atoms with van der Waals surface area (Å²) in [6.07, 6.45) is 0. The van der Waals surface area contributed by atoms with Crippen LogP contribution in [0.5, 0.6) is 0 Å². The van der Waals surface area contributed by atoms with E-state index in [1.165, 1.54) is 82.6 Å². The molecule has 12 rings (SSSR count). The van der Waals surface area contributed by atoms with Gasteiger partial charge >= 0.3 is 0 Å². The van der Waals surface area contributed by atoms with Crippen molar-refractivity contribution in [2.75, 3.05) is 4.90 Å². The van der Waals surface area contributed by atoms with Gasteiger partial charge in [-0.15, -0.1) is 0 Å². The van der Waals surface area contributed by atoms with Crippen LogP contribution in [0.25, 0.3) is 93.9 Å². The van der Waals surface area contributed by atoms with Crippen LogP contribution in [-0.4, -0.2) is 4.57 Å². The first-order valence-electron chi connectivity index (χ1n) is 22.7. The summed E-state index contributed by atoms with van der Waals surface area (Å²) in [5.74, 6) is 0. The maximum Gasteiger partial charge on any atom is 0.0546 e. The average Bonchev–Trinajstić information content (AvgIpc) is 3.74. The Hall–Kier alpha value is -8.72. The van der Waals surface area contributed by atoms with Gasteiger partial charge in [-0.05, 0) is 104 Å². The van der Waals surface area contributed by atoms with Crippen LogP contribution in [0.3, 0.4) is 0 Å². The van der Waals surface area contributed by atoms with Gasteiger partial charge < -0.3 is 9.47 Å². The molecule has 0 aliphatic heterocycles. The van der Waals surface area contributed by atoms with E-state index in [0.29, 0.717) is 0 Å². The minimum atomic E-state index is 1.06. The number of fused-ring (bicyclic) bond motifs is 4. The lowest BCUT2D eigenvalue weighted by Gasteiger charge is -2.30. The number of anilines is 3. The molecular formula is C64H44N2. The van der Waals surface area contributed by atoms with Gasteiger partial charge in [-0.3, -0.25) is 0 Å². The molecule has 310 valence electrons. The van der Waals surface area contributed by atoms with Gasteiger partial charge in [0.25, 0.3) is 0 Å². The average molecular weight is 841 g/mol. The summed E-state index contributed by atoms with van der Waals surface area (Å²) in [5, 5.41) is 4.99. The Bertz CT molecular complexity index is 3620. The van der Waals surface area contributed by atoms with Crippen LogP contribution in [0.4, 0.5) is 17.1 Å². The van der Waals surface area contributed by atoms with Gasteiger partial charge in [0, 0.05) is 33.3 Å². The van der Waals surface area contributed by atoms with E-state index in [2.05, 4.69) is 276 Å². The molecule has 0 spiro atoms. The van der Waals surface area contributed by atoms with Gasteiger partial charge in [-0.1, -0.05) is 218 Å². The van der Waals surface area contributed by atoms with Crippen molar-refractivity contribution in [3.05, 3.63) is 267 Å². The molecule has 0 radical (unpaired) electrons. The first-order valence-corrected chi connectivity index (χ1v) is 22.7. The van der Waals surface area contributed by atoms with Crippen LogP contribution in [0, 0.1) is 0 Å². The minimum Gasteiger partial charge on any atom is -0.310 e. The van der Waals surface area contributed by atoms with Gasteiger partial charge in [0.05, 0.1) is 22.4 Å². The Balaban J connectivity index is 1.06. The molecule has 2 nitrogen and oxygen atoms in total. The van der Waals surface area contributed by atoms with Crippen LogP contribution < -0.4 is 4.90 Å². The number of nitrogens with zero attached hydrogens (tertiary/aromatic N) is 2. The third-order valence-electron chi connectivity index (χ3n) is 13.0. The van der Waals surface area contributed by atoms with Gasteiger partial charge in [-0.2, -0.15) is 0 Å². The maximum absolute atomic E-state index is 2.44. The first-order chi connectivity index (χ1) is 32.8. The van der Waals surface area contributed by atoms with E-state index in [9.17, 15) is 0 Å². The summed E-state index contributed by atoms with van der Waals surface area (Å²) in [5.41, 5.74) is 18.5. The SMILES string of the molecule is c1ccc(-c2ccccc2-c2c(-c3ccccc3)cccc2N(c2ccc(-c3ccccc3-n3c4ccccc4c4ccccc43)cc2)c2ccc(-c3cccc4ccccc34)cc2)cc1. The summed E-state index contributed by atoms with van der Waals surface area (Å²) in [6, 6.07) is 96.9. The summed E-state index contributed by atoms with van der Waals surface area (Å²) < 4.78 is 2.42. The molecule has 0 aliphatic carbocycles. The molecule has 66 heavy (non-hydrogen) atoms. The van der Waals surface area contributed by atoms with E-state index in [1.807, 2.05) is 0 Å². The molecule has 0 saturated carbocycles. The van der Waals surface area contributed by atoms with Crippen molar-refractivity contribution >= 4 is 49.6 Å². The normalized spacial score (nSPS) is 11.3. The number of benzene rings is 11. The molecule has 0 atom stereocenters. The van der Waals surface area contributed by atoms with E-state index in [-0.39, 0.29) is 0 Å². The molecule has 0 fully saturated rings. The third-order valence-corrected chi connectivity index (χ3v) is 13.0. The van der Waals surface area contributed by atoms with Gasteiger partial charge in [0.2, 0.25) is 0 Å². The quantitative estimate of drug-likeness (QED) is 0.141. The Labute approximate surface area is 385 Å². The van der Waals surface area contributed by atoms with Crippen molar-refractivity contribution in [2.24, 2.45) is 0 Å². The molecule has 0 aliphatic rings. The molecule has 1 aromatic heterocycles. The monoisotopic (exact) mass is 840 g/mol. The fraction of sp³-hybridized carbons (Fsp3) is 0. The molecule has 0 N–H and O–H groups in total. The van der Waals surface area contributed by atoms with Crippen LogP contribution in [0.15, 0.2) is 267 Å². The second-order valence-electron chi connectivity index (χ2n) is 16.8. The number of aromatic nitrogens is 1. The molecule has 0 saturated heterocycles. The first kappa shape index (κ1) is 38.9. The van der Waals surface area contributed by atoms with Crippen molar-refractivity contribution in [3.8, 4) is 61.3 Å². The van der Waals surface area contributed by atoms with E-state index >= 15 is 0 Å². The van der Waals surface area contributed by atoms with Gasteiger partial charge in [0.15, 0.2) is 0 Å². The zero-order valence-corrected chi connectivity index (χ0v) is 36.3. The van der Waals surface area contributed by atoms with Gasteiger partial charge in [-0.25, -0.2) is 0 Å². The number of rotatable bonds is 9. The van der Waals surface area contributed by atoms with Crippen molar-refractivity contribution in [1.82, 2.24) is 4.57 Å². The summed E-state index contributed by atoms with van der Waals surface area (Å²) >= 11 is 0. The molecular weight excluding hydrogens is 797 g/mol. The summed E-state index contributed by atoms with van der Waals surface area (Å²) in [4.78, 5) is 2.44. The predicted molar refractivity (Wildman–Crippen MR) is 280 cm³/mol. The third kappa shape index (κ3) is 6.84. The molecule has 0 bridgehead atoms. The summed E-state index contributed by atoms with van der Waals surface area (Å²) in [6.45, 7) is 0. The van der Waals surface area contributed by atoms with Crippen LogP contribution >= 0.6 is 0 Å². The van der Waals surface area contributed by atoms with E-state index in [1.54, 1.807) is 0 Å². The number of para-hydroxylation sites is 3. The fourth-order valence-electron chi connectivity index (χ4n) is 10.0. The largest absolute Gasteiger partial charge is 0.310 e. The van der Waals surface area contributed by atoms with Crippen molar-refractivity contribution in [1.29, 1.82) is 0 Å². The molecule has 12 aromatic rings. The molecule has 1 heterocycles. The lowest BCUT2D eigenvalue weighted by Crippen LogP contribution is -2.12. The molecule has 2 heteroatoms. The number of hydrogen-bond donors (Lipinski definition) is 0. The Morgan fingerprint density at radius 3 is 1.33 bits per heavy atom. The second kappa shape index (κ2) is 16.8. The van der Waals surface area contributed by atoms with E-state index in [4.69, 9.17) is 0 Å². The maximum atomic E-state index is 2.44. The highest BCUT2D eigenvalue weighted by Gasteiger charge is 2.23. The van der Waals surface area contributed by atoms with Crippen LogP contribution in [-0.2, 0) is 0 Å². The minimum absolute atomic E-state index is 1.06. The second-order valence-corrected chi connectivity index (χ2v) is 16.8. The van der Waals surface area contributed by atoms with Crippen LogP contribution in [0.2, 0.25) is 0 Å². The Morgan fingerprint density at radius 1 is 0.258 bits per heavy atom.